The maximum Gasteiger partial charge on any atom is 0.253 e. The summed E-state index contributed by atoms with van der Waals surface area (Å²) in [6.45, 7) is 3.51. The van der Waals surface area contributed by atoms with Crippen molar-refractivity contribution in [3.63, 3.8) is 0 Å². The van der Waals surface area contributed by atoms with Crippen molar-refractivity contribution in [2.45, 2.75) is 19.9 Å². The molecule has 2 aromatic rings. The fourth-order valence-electron chi connectivity index (χ4n) is 2.53. The predicted octanol–water partition coefficient (Wildman–Crippen LogP) is 2.00. The monoisotopic (exact) mass is 353 g/mol. The van der Waals surface area contributed by atoms with Crippen LogP contribution in [0.4, 0.5) is 0 Å². The minimum Gasteiger partial charge on any atom is -0.356 e. The van der Waals surface area contributed by atoms with Crippen LogP contribution in [0, 0.1) is 6.92 Å². The van der Waals surface area contributed by atoms with E-state index in [9.17, 15) is 4.79 Å². The molecule has 0 saturated carbocycles. The summed E-state index contributed by atoms with van der Waals surface area (Å²) >= 11 is 0. The second-order valence-electron chi connectivity index (χ2n) is 6.30. The number of aryl methyl sites for hydroxylation is 1. The van der Waals surface area contributed by atoms with Crippen LogP contribution in [-0.4, -0.2) is 49.4 Å². The number of hydrogen-bond donors (Lipinski definition) is 2. The number of benzene rings is 1. The summed E-state index contributed by atoms with van der Waals surface area (Å²) in [5.74, 6) is 0.763. The zero-order valence-electron chi connectivity index (χ0n) is 15.9. The van der Waals surface area contributed by atoms with Gasteiger partial charge in [0.05, 0.1) is 0 Å². The van der Waals surface area contributed by atoms with Gasteiger partial charge in [-0.15, -0.1) is 0 Å². The molecule has 26 heavy (non-hydrogen) atoms. The maximum atomic E-state index is 11.9. The van der Waals surface area contributed by atoms with Gasteiger partial charge in [-0.3, -0.25) is 14.8 Å². The van der Waals surface area contributed by atoms with Gasteiger partial charge in [-0.05, 0) is 48.2 Å². The van der Waals surface area contributed by atoms with Crippen molar-refractivity contribution in [1.82, 2.24) is 20.5 Å². The molecule has 1 aromatic carbocycles. The Morgan fingerprint density at radius 2 is 1.88 bits per heavy atom. The third kappa shape index (κ3) is 5.58. The van der Waals surface area contributed by atoms with Crippen molar-refractivity contribution in [1.29, 1.82) is 0 Å². The van der Waals surface area contributed by atoms with Crippen LogP contribution in [0.2, 0.25) is 0 Å². The molecule has 1 aromatic heterocycles. The molecule has 0 saturated heterocycles. The second kappa shape index (κ2) is 9.56. The smallest absolute Gasteiger partial charge is 0.253 e. The number of aromatic nitrogens is 1. The van der Waals surface area contributed by atoms with Gasteiger partial charge in [0.1, 0.15) is 0 Å². The van der Waals surface area contributed by atoms with Gasteiger partial charge in [-0.1, -0.05) is 12.1 Å². The molecule has 0 aliphatic rings. The minimum atomic E-state index is 0.00777. The Labute approximate surface area is 155 Å². The lowest BCUT2D eigenvalue weighted by Gasteiger charge is -2.13. The van der Waals surface area contributed by atoms with E-state index in [1.165, 1.54) is 11.1 Å². The molecule has 0 radical (unpaired) electrons. The van der Waals surface area contributed by atoms with E-state index in [2.05, 4.69) is 27.5 Å². The summed E-state index contributed by atoms with van der Waals surface area (Å²) in [7, 11) is 5.26. The molecule has 0 fully saturated rings. The van der Waals surface area contributed by atoms with Gasteiger partial charge >= 0.3 is 0 Å². The standard InChI is InChI=1S/C20H27N5O/c1-15-13-22-11-9-17(15)10-12-23-20(21-2)24-14-16-5-7-18(8-6-16)19(26)25(3)4/h5-9,11,13H,10,12,14H2,1-4H3,(H2,21,23,24). The molecule has 2 N–H and O–H groups in total. The van der Waals surface area contributed by atoms with Crippen molar-refractivity contribution < 1.29 is 4.79 Å². The second-order valence-corrected chi connectivity index (χ2v) is 6.30. The van der Waals surface area contributed by atoms with Gasteiger partial charge in [0.25, 0.3) is 5.91 Å². The largest absolute Gasteiger partial charge is 0.356 e. The first kappa shape index (κ1) is 19.4. The molecule has 0 aliphatic carbocycles. The van der Waals surface area contributed by atoms with E-state index in [1.54, 1.807) is 26.0 Å². The molecule has 0 bridgehead atoms. The Hall–Kier alpha value is -2.89. The number of rotatable bonds is 6. The van der Waals surface area contributed by atoms with Crippen LogP contribution in [0.15, 0.2) is 47.7 Å². The van der Waals surface area contributed by atoms with E-state index < -0.39 is 0 Å². The number of nitrogens with one attached hydrogen (secondary N) is 2. The zero-order chi connectivity index (χ0) is 18.9. The Balaban J connectivity index is 1.81. The highest BCUT2D eigenvalue weighted by Crippen LogP contribution is 2.07. The lowest BCUT2D eigenvalue weighted by Crippen LogP contribution is -2.37. The Bertz CT molecular complexity index is 753. The highest BCUT2D eigenvalue weighted by molar-refractivity contribution is 5.93. The van der Waals surface area contributed by atoms with Crippen molar-refractivity contribution >= 4 is 11.9 Å². The van der Waals surface area contributed by atoms with Gasteiger partial charge in [0, 0.05) is 52.2 Å². The van der Waals surface area contributed by atoms with Crippen LogP contribution in [0.25, 0.3) is 0 Å². The van der Waals surface area contributed by atoms with Gasteiger partial charge in [0.2, 0.25) is 0 Å². The molecule has 6 heteroatoms. The first-order chi connectivity index (χ1) is 12.5. The van der Waals surface area contributed by atoms with E-state index in [0.717, 1.165) is 24.5 Å². The summed E-state index contributed by atoms with van der Waals surface area (Å²) in [6.07, 6.45) is 4.61. The summed E-state index contributed by atoms with van der Waals surface area (Å²) < 4.78 is 0. The zero-order valence-corrected chi connectivity index (χ0v) is 15.9. The molecule has 1 heterocycles. The van der Waals surface area contributed by atoms with Crippen LogP contribution in [0.1, 0.15) is 27.0 Å². The summed E-state index contributed by atoms with van der Waals surface area (Å²) in [5, 5.41) is 6.61. The molecule has 6 nitrogen and oxygen atoms in total. The molecule has 0 unspecified atom stereocenters. The van der Waals surface area contributed by atoms with Gasteiger partial charge in [-0.2, -0.15) is 0 Å². The molecule has 0 spiro atoms. The molecule has 1 amide bonds. The number of carbonyl (C=O) groups excluding carboxylic acids is 1. The summed E-state index contributed by atoms with van der Waals surface area (Å²) in [6, 6.07) is 9.65. The van der Waals surface area contributed by atoms with E-state index in [1.807, 2.05) is 42.7 Å². The average Bonchev–Trinajstić information content (AvgIpc) is 2.65. The van der Waals surface area contributed by atoms with Gasteiger partial charge in [0.15, 0.2) is 5.96 Å². The normalized spacial score (nSPS) is 11.2. The highest BCUT2D eigenvalue weighted by atomic mass is 16.2. The molecule has 0 aliphatic heterocycles. The molecule has 138 valence electrons. The maximum absolute atomic E-state index is 11.9. The van der Waals surface area contributed by atoms with Crippen molar-refractivity contribution in [3.8, 4) is 0 Å². The Morgan fingerprint density at radius 1 is 1.15 bits per heavy atom. The number of amides is 1. The lowest BCUT2D eigenvalue weighted by molar-refractivity contribution is 0.0827. The first-order valence-corrected chi connectivity index (χ1v) is 8.66. The van der Waals surface area contributed by atoms with Crippen LogP contribution in [0.5, 0.6) is 0 Å². The fraction of sp³-hybridized carbons (Fsp3) is 0.350. The predicted molar refractivity (Wildman–Crippen MR) is 105 cm³/mol. The van der Waals surface area contributed by atoms with Gasteiger partial charge in [-0.25, -0.2) is 0 Å². The number of aliphatic imine (C=N–C) groups is 1. The van der Waals surface area contributed by atoms with Crippen molar-refractivity contribution in [3.05, 3.63) is 65.0 Å². The molecule has 0 atom stereocenters. The molecular formula is C20H27N5O. The Morgan fingerprint density at radius 3 is 2.50 bits per heavy atom. The van der Waals surface area contributed by atoms with E-state index in [0.29, 0.717) is 12.1 Å². The topological polar surface area (TPSA) is 69.6 Å². The van der Waals surface area contributed by atoms with E-state index in [-0.39, 0.29) is 5.91 Å². The third-order valence-corrected chi connectivity index (χ3v) is 4.11. The lowest BCUT2D eigenvalue weighted by atomic mass is 10.1. The quantitative estimate of drug-likeness (QED) is 0.616. The first-order valence-electron chi connectivity index (χ1n) is 8.66. The van der Waals surface area contributed by atoms with Crippen LogP contribution >= 0.6 is 0 Å². The minimum absolute atomic E-state index is 0.00777. The fourth-order valence-corrected chi connectivity index (χ4v) is 2.53. The number of guanidine groups is 1. The van der Waals surface area contributed by atoms with Crippen molar-refractivity contribution in [2.75, 3.05) is 27.7 Å². The number of nitrogens with zero attached hydrogens (tertiary/aromatic N) is 3. The number of hydrogen-bond acceptors (Lipinski definition) is 3. The van der Waals surface area contributed by atoms with Crippen LogP contribution in [-0.2, 0) is 13.0 Å². The average molecular weight is 353 g/mol. The number of pyridine rings is 1. The Kier molecular flexibility index (Phi) is 7.14. The molecular weight excluding hydrogens is 326 g/mol. The van der Waals surface area contributed by atoms with Crippen LogP contribution in [0.3, 0.4) is 0 Å². The van der Waals surface area contributed by atoms with E-state index in [4.69, 9.17) is 0 Å². The SMILES string of the molecule is CN=C(NCCc1ccncc1C)NCc1ccc(C(=O)N(C)C)cc1. The van der Waals surface area contributed by atoms with Gasteiger partial charge < -0.3 is 15.5 Å². The number of carbonyl (C=O) groups is 1. The van der Waals surface area contributed by atoms with E-state index >= 15 is 0 Å². The third-order valence-electron chi connectivity index (χ3n) is 4.11. The van der Waals surface area contributed by atoms with Crippen molar-refractivity contribution in [2.24, 2.45) is 4.99 Å². The summed E-state index contributed by atoms with van der Waals surface area (Å²) in [4.78, 5) is 21.8. The molecule has 2 rings (SSSR count). The highest BCUT2D eigenvalue weighted by Gasteiger charge is 2.07. The summed E-state index contributed by atoms with van der Waals surface area (Å²) in [5.41, 5.74) is 4.26. The van der Waals surface area contributed by atoms with Crippen LogP contribution < -0.4 is 10.6 Å².